The molecule has 5 aliphatic rings. The molecule has 57 heavy (non-hydrogen) atoms. The largest absolute Gasteiger partial charge is 0.507 e. The Morgan fingerprint density at radius 1 is 0.842 bits per heavy atom. The molecule has 9 rings (SSSR count). The van der Waals surface area contributed by atoms with Gasteiger partial charge in [0.15, 0.2) is 0 Å². The van der Waals surface area contributed by atoms with Crippen molar-refractivity contribution in [1.29, 1.82) is 0 Å². The lowest BCUT2D eigenvalue weighted by molar-refractivity contribution is 0.00674. The predicted octanol–water partition coefficient (Wildman–Crippen LogP) is 7.35. The summed E-state index contributed by atoms with van der Waals surface area (Å²) in [6.45, 7) is 6.81. The van der Waals surface area contributed by atoms with Crippen molar-refractivity contribution in [1.82, 2.24) is 19.8 Å². The van der Waals surface area contributed by atoms with E-state index in [0.717, 1.165) is 102 Å². The van der Waals surface area contributed by atoms with Crippen LogP contribution in [0.5, 0.6) is 11.6 Å². The van der Waals surface area contributed by atoms with Crippen LogP contribution >= 0.6 is 0 Å². The van der Waals surface area contributed by atoms with E-state index in [1.807, 2.05) is 41.4 Å². The standard InChI is InChI=1S/C45H54FN7O4/c46-43-39(38-8-4-5-9-41(38)54)25-40(44(47)49-43)52-27-35-10-11-36(28-52)53(35)34-12-17-48-42(24-34)57-37-22-33(23-37)32-15-18-50(19-16-32)26-30-13-20-51(21-14-30)45(55)56-29-31-6-2-1-3-7-31/h1-9,12,17,24-25,30,32-33,35-37,54H,10-11,13-16,18-23,26-29H2,(H2,47,49)/t33?,35-,36-,37?/m1/s1. The maximum absolute atomic E-state index is 15.0. The number of hydrogen-bond donors (Lipinski definition) is 2. The van der Waals surface area contributed by atoms with E-state index in [9.17, 15) is 14.3 Å². The zero-order valence-corrected chi connectivity index (χ0v) is 32.6. The number of carbonyl (C=O) groups excluding carboxylic acids is 1. The topological polar surface area (TPSA) is 121 Å². The number of nitrogen functional groups attached to an aromatic ring is 1. The van der Waals surface area contributed by atoms with Gasteiger partial charge in [0.2, 0.25) is 11.8 Å². The van der Waals surface area contributed by atoms with Crippen LogP contribution < -0.4 is 20.3 Å². The Kier molecular flexibility index (Phi) is 10.8. The lowest BCUT2D eigenvalue weighted by Gasteiger charge is -2.44. The van der Waals surface area contributed by atoms with Gasteiger partial charge >= 0.3 is 6.09 Å². The van der Waals surface area contributed by atoms with E-state index < -0.39 is 5.95 Å². The quantitative estimate of drug-likeness (QED) is 0.158. The lowest BCUT2D eigenvalue weighted by Crippen LogP contribution is -2.54. The van der Waals surface area contributed by atoms with Gasteiger partial charge in [0.05, 0.1) is 5.69 Å². The van der Waals surface area contributed by atoms with E-state index >= 15 is 0 Å². The van der Waals surface area contributed by atoms with Crippen molar-refractivity contribution in [2.75, 3.05) is 61.3 Å². The summed E-state index contributed by atoms with van der Waals surface area (Å²) in [6, 6.07) is 23.0. The van der Waals surface area contributed by atoms with Crippen LogP contribution in [0.15, 0.2) is 79.0 Å². The molecule has 0 spiro atoms. The minimum Gasteiger partial charge on any atom is -0.507 e. The molecule has 3 N–H and O–H groups in total. The predicted molar refractivity (Wildman–Crippen MR) is 219 cm³/mol. The van der Waals surface area contributed by atoms with Crippen molar-refractivity contribution in [2.24, 2.45) is 17.8 Å². The van der Waals surface area contributed by atoms with E-state index in [-0.39, 0.29) is 41.4 Å². The fraction of sp³-hybridized carbons (Fsp3) is 0.489. The Morgan fingerprint density at radius 3 is 2.30 bits per heavy atom. The SMILES string of the molecule is Nc1nc(F)c(-c2ccccc2O)cc1N1C[C@H]2CC[C@H](C1)N2c1ccnc(OC2CC(C3CCN(CC4CCN(C(=O)OCc5ccccc5)CC4)CC3)C2)c1. The number of piperazine rings is 1. The van der Waals surface area contributed by atoms with Crippen molar-refractivity contribution in [3.05, 3.63) is 90.5 Å². The van der Waals surface area contributed by atoms with Crippen molar-refractivity contribution < 1.29 is 23.8 Å². The number of likely N-dealkylation sites (tertiary alicyclic amines) is 2. The number of rotatable bonds is 10. The van der Waals surface area contributed by atoms with Crippen molar-refractivity contribution in [3.8, 4) is 22.8 Å². The normalized spacial score (nSPS) is 24.3. The molecule has 12 heteroatoms. The summed E-state index contributed by atoms with van der Waals surface area (Å²) in [6.07, 6.45) is 10.8. The third-order valence-electron chi connectivity index (χ3n) is 13.3. The number of nitrogens with two attached hydrogens (primary N) is 1. The molecule has 1 aliphatic carbocycles. The number of hydrogen-bond acceptors (Lipinski definition) is 10. The fourth-order valence-electron chi connectivity index (χ4n) is 10.1. The Bertz CT molecular complexity index is 2000. The van der Waals surface area contributed by atoms with Crippen LogP contribution in [0.1, 0.15) is 56.9 Å². The number of fused-ring (bicyclic) bond motifs is 2. The van der Waals surface area contributed by atoms with Crippen LogP contribution in [-0.4, -0.2) is 95.0 Å². The first-order valence-electron chi connectivity index (χ1n) is 20.9. The van der Waals surface area contributed by atoms with Crippen molar-refractivity contribution >= 4 is 23.3 Å². The molecule has 1 saturated carbocycles. The smallest absolute Gasteiger partial charge is 0.410 e. The number of halogens is 1. The fourth-order valence-corrected chi connectivity index (χ4v) is 10.1. The molecule has 2 atom stereocenters. The van der Waals surface area contributed by atoms with Gasteiger partial charge in [-0.05, 0) is 106 Å². The van der Waals surface area contributed by atoms with Crippen LogP contribution in [0, 0.1) is 23.7 Å². The number of aromatic nitrogens is 2. The molecule has 4 saturated heterocycles. The highest BCUT2D eigenvalue weighted by atomic mass is 19.1. The Balaban J connectivity index is 0.719. The average molecular weight is 776 g/mol. The summed E-state index contributed by atoms with van der Waals surface area (Å²) in [5, 5.41) is 10.4. The molecule has 0 radical (unpaired) electrons. The number of para-hydroxylation sites is 1. The highest BCUT2D eigenvalue weighted by molar-refractivity contribution is 5.77. The number of ether oxygens (including phenoxy) is 2. The zero-order chi connectivity index (χ0) is 38.9. The van der Waals surface area contributed by atoms with Gasteiger partial charge in [0, 0.05) is 73.9 Å². The minimum atomic E-state index is -0.687. The first-order chi connectivity index (χ1) is 27.8. The second-order valence-electron chi connectivity index (χ2n) is 16.9. The third kappa shape index (κ3) is 8.19. The number of aromatic hydroxyl groups is 1. The number of carbonyl (C=O) groups is 1. The van der Waals surface area contributed by atoms with Gasteiger partial charge in [-0.15, -0.1) is 0 Å². The summed E-state index contributed by atoms with van der Waals surface area (Å²) in [5.74, 6) is 2.29. The van der Waals surface area contributed by atoms with E-state index in [4.69, 9.17) is 15.2 Å². The Labute approximate surface area is 334 Å². The molecule has 1 amide bonds. The van der Waals surface area contributed by atoms with Gasteiger partial charge in [-0.25, -0.2) is 14.8 Å². The number of phenolic OH excluding ortho intramolecular Hbond substituents is 1. The molecule has 4 aromatic rings. The molecule has 2 bridgehead atoms. The van der Waals surface area contributed by atoms with Crippen LogP contribution in [0.2, 0.25) is 0 Å². The molecule has 4 aliphatic heterocycles. The third-order valence-corrected chi connectivity index (χ3v) is 13.3. The number of benzene rings is 2. The van der Waals surface area contributed by atoms with Crippen LogP contribution in [0.25, 0.3) is 11.1 Å². The van der Waals surface area contributed by atoms with Crippen LogP contribution in [0.4, 0.5) is 26.4 Å². The van der Waals surface area contributed by atoms with Crippen LogP contribution in [0.3, 0.4) is 0 Å². The summed E-state index contributed by atoms with van der Waals surface area (Å²) in [5.41, 5.74) is 9.79. The average Bonchev–Trinajstić information content (AvgIpc) is 3.48. The Morgan fingerprint density at radius 2 is 1.56 bits per heavy atom. The minimum absolute atomic E-state index is 0.00849. The van der Waals surface area contributed by atoms with Gasteiger partial charge in [-0.2, -0.15) is 4.39 Å². The van der Waals surface area contributed by atoms with E-state index in [1.165, 1.54) is 12.8 Å². The maximum atomic E-state index is 15.0. The van der Waals surface area contributed by atoms with Gasteiger partial charge in [-0.1, -0.05) is 48.5 Å². The molecule has 2 aromatic carbocycles. The number of phenols is 1. The summed E-state index contributed by atoms with van der Waals surface area (Å²) in [4.78, 5) is 30.5. The van der Waals surface area contributed by atoms with Gasteiger partial charge < -0.3 is 39.9 Å². The highest BCUT2D eigenvalue weighted by Crippen LogP contribution is 2.43. The molecule has 2 aromatic heterocycles. The summed E-state index contributed by atoms with van der Waals surface area (Å²) < 4.78 is 27.0. The number of nitrogens with zero attached hydrogens (tertiary/aromatic N) is 6. The summed E-state index contributed by atoms with van der Waals surface area (Å²) in [7, 11) is 0. The van der Waals surface area contributed by atoms with Crippen LogP contribution in [-0.2, 0) is 11.3 Å². The molecular weight excluding hydrogens is 722 g/mol. The number of piperidine rings is 2. The maximum Gasteiger partial charge on any atom is 0.410 e. The zero-order valence-electron chi connectivity index (χ0n) is 32.6. The van der Waals surface area contributed by atoms with Gasteiger partial charge in [0.25, 0.3) is 0 Å². The van der Waals surface area contributed by atoms with E-state index in [1.54, 1.807) is 30.3 Å². The lowest BCUT2D eigenvalue weighted by atomic mass is 9.70. The van der Waals surface area contributed by atoms with E-state index in [2.05, 4.69) is 36.8 Å². The first kappa shape index (κ1) is 37.5. The molecule has 6 heterocycles. The Hall–Kier alpha value is -5.10. The van der Waals surface area contributed by atoms with Gasteiger partial charge in [0.1, 0.15) is 24.3 Å². The number of amides is 1. The number of anilines is 3. The van der Waals surface area contributed by atoms with Crippen molar-refractivity contribution in [3.63, 3.8) is 0 Å². The first-order valence-corrected chi connectivity index (χ1v) is 20.9. The van der Waals surface area contributed by atoms with Gasteiger partial charge in [-0.3, -0.25) is 0 Å². The number of pyridine rings is 2. The molecule has 5 fully saturated rings. The molecule has 300 valence electrons. The molecule has 0 unspecified atom stereocenters. The second-order valence-corrected chi connectivity index (χ2v) is 16.9. The van der Waals surface area contributed by atoms with Crippen molar-refractivity contribution in [2.45, 2.75) is 76.2 Å². The molecule has 11 nitrogen and oxygen atoms in total. The summed E-state index contributed by atoms with van der Waals surface area (Å²) >= 11 is 0. The van der Waals surface area contributed by atoms with E-state index in [0.29, 0.717) is 35.6 Å². The highest BCUT2D eigenvalue weighted by Gasteiger charge is 2.42. The molecular formula is C45H54FN7O4. The second kappa shape index (κ2) is 16.4. The monoisotopic (exact) mass is 775 g/mol.